The van der Waals surface area contributed by atoms with Gasteiger partial charge in [-0.1, -0.05) is 12.1 Å². The van der Waals surface area contributed by atoms with Crippen LogP contribution in [0.1, 0.15) is 31.7 Å². The summed E-state index contributed by atoms with van der Waals surface area (Å²) < 4.78 is 5.06. The predicted octanol–water partition coefficient (Wildman–Crippen LogP) is 2.47. The van der Waals surface area contributed by atoms with Crippen LogP contribution in [-0.2, 0) is 9.59 Å². The van der Waals surface area contributed by atoms with Crippen molar-refractivity contribution >= 4 is 18.0 Å². The first-order valence-electron chi connectivity index (χ1n) is 6.85. The highest BCUT2D eigenvalue weighted by molar-refractivity contribution is 5.91. The summed E-state index contributed by atoms with van der Waals surface area (Å²) in [6.07, 6.45) is 4.52. The van der Waals surface area contributed by atoms with E-state index < -0.39 is 5.97 Å². The zero-order chi connectivity index (χ0) is 15.7. The van der Waals surface area contributed by atoms with Gasteiger partial charge >= 0.3 is 5.97 Å². The van der Waals surface area contributed by atoms with Gasteiger partial charge in [0.25, 0.3) is 0 Å². The minimum absolute atomic E-state index is 0.0441. The monoisotopic (exact) mass is 291 g/mol. The van der Waals surface area contributed by atoms with Gasteiger partial charge in [0.05, 0.1) is 7.11 Å². The zero-order valence-corrected chi connectivity index (χ0v) is 12.3. The summed E-state index contributed by atoms with van der Waals surface area (Å²) in [7, 11) is 1.60. The summed E-state index contributed by atoms with van der Waals surface area (Å²) in [5, 5.41) is 11.4. The van der Waals surface area contributed by atoms with Crippen LogP contribution in [0.25, 0.3) is 6.08 Å². The standard InChI is InChI=1S/C16H21NO4/c1-12(4-3-5-16(19)20)17-15(18)11-8-13-6-9-14(21-2)10-7-13/h6-12H,3-5H2,1-2H3,(H,17,18)(H,19,20)/b11-8+. The Labute approximate surface area is 124 Å². The second-order valence-electron chi connectivity index (χ2n) is 4.80. The number of hydrogen-bond donors (Lipinski definition) is 2. The Hall–Kier alpha value is -2.30. The number of carboxylic acids is 1. The molecule has 1 amide bonds. The molecule has 2 N–H and O–H groups in total. The van der Waals surface area contributed by atoms with Crippen LogP contribution in [0.2, 0.25) is 0 Å². The number of benzene rings is 1. The van der Waals surface area contributed by atoms with E-state index in [-0.39, 0.29) is 18.4 Å². The van der Waals surface area contributed by atoms with E-state index in [4.69, 9.17) is 9.84 Å². The third-order valence-electron chi connectivity index (χ3n) is 2.96. The van der Waals surface area contributed by atoms with Gasteiger partial charge in [0.15, 0.2) is 0 Å². The van der Waals surface area contributed by atoms with E-state index in [1.165, 1.54) is 6.08 Å². The van der Waals surface area contributed by atoms with Crippen molar-refractivity contribution in [3.8, 4) is 5.75 Å². The molecule has 0 radical (unpaired) electrons. The SMILES string of the molecule is COc1ccc(/C=C/C(=O)NC(C)CCCC(=O)O)cc1. The smallest absolute Gasteiger partial charge is 0.303 e. The van der Waals surface area contributed by atoms with E-state index in [1.54, 1.807) is 13.2 Å². The number of aliphatic carboxylic acids is 1. The van der Waals surface area contributed by atoms with Crippen LogP contribution in [0.4, 0.5) is 0 Å². The van der Waals surface area contributed by atoms with Gasteiger partial charge in [-0.05, 0) is 43.5 Å². The highest BCUT2D eigenvalue weighted by atomic mass is 16.5. The molecule has 1 aromatic rings. The Bertz CT molecular complexity index is 494. The number of amides is 1. The van der Waals surface area contributed by atoms with E-state index in [0.29, 0.717) is 12.8 Å². The lowest BCUT2D eigenvalue weighted by Gasteiger charge is -2.11. The molecule has 0 saturated heterocycles. The quantitative estimate of drug-likeness (QED) is 0.721. The molecule has 0 aliphatic rings. The number of nitrogens with one attached hydrogen (secondary N) is 1. The van der Waals surface area contributed by atoms with Crippen LogP contribution in [0.3, 0.4) is 0 Å². The first-order chi connectivity index (χ1) is 10.0. The molecule has 0 spiro atoms. The third-order valence-corrected chi connectivity index (χ3v) is 2.96. The van der Waals surface area contributed by atoms with E-state index in [2.05, 4.69) is 5.32 Å². The Morgan fingerprint density at radius 3 is 2.57 bits per heavy atom. The molecule has 0 saturated carbocycles. The number of carbonyl (C=O) groups is 2. The van der Waals surface area contributed by atoms with Crippen molar-refractivity contribution in [2.75, 3.05) is 7.11 Å². The molecule has 1 atom stereocenters. The lowest BCUT2D eigenvalue weighted by Crippen LogP contribution is -2.31. The van der Waals surface area contributed by atoms with Crippen molar-refractivity contribution in [3.63, 3.8) is 0 Å². The molecule has 0 aliphatic carbocycles. The largest absolute Gasteiger partial charge is 0.497 e. The lowest BCUT2D eigenvalue weighted by atomic mass is 10.1. The number of rotatable bonds is 8. The minimum Gasteiger partial charge on any atom is -0.497 e. The van der Waals surface area contributed by atoms with Gasteiger partial charge in [-0.15, -0.1) is 0 Å². The van der Waals surface area contributed by atoms with Gasteiger partial charge < -0.3 is 15.2 Å². The maximum absolute atomic E-state index is 11.7. The summed E-state index contributed by atoms with van der Waals surface area (Å²) >= 11 is 0. The molecule has 5 heteroatoms. The zero-order valence-electron chi connectivity index (χ0n) is 12.3. The maximum atomic E-state index is 11.7. The fraction of sp³-hybridized carbons (Fsp3) is 0.375. The van der Waals surface area contributed by atoms with Crippen LogP contribution in [0.5, 0.6) is 5.75 Å². The van der Waals surface area contributed by atoms with E-state index in [0.717, 1.165) is 11.3 Å². The fourth-order valence-corrected chi connectivity index (χ4v) is 1.81. The Balaban J connectivity index is 2.37. The summed E-state index contributed by atoms with van der Waals surface area (Å²) in [5.74, 6) is -0.231. The van der Waals surface area contributed by atoms with Gasteiger partial charge in [0.2, 0.25) is 5.91 Å². The van der Waals surface area contributed by atoms with E-state index in [9.17, 15) is 9.59 Å². The fourth-order valence-electron chi connectivity index (χ4n) is 1.81. The molecule has 5 nitrogen and oxygen atoms in total. The first kappa shape index (κ1) is 16.8. The molecule has 0 bridgehead atoms. The van der Waals surface area contributed by atoms with Gasteiger partial charge in [0, 0.05) is 18.5 Å². The van der Waals surface area contributed by atoms with Crippen LogP contribution in [0, 0.1) is 0 Å². The normalized spacial score (nSPS) is 12.1. The van der Waals surface area contributed by atoms with Gasteiger partial charge in [-0.2, -0.15) is 0 Å². The Morgan fingerprint density at radius 2 is 2.00 bits per heavy atom. The lowest BCUT2D eigenvalue weighted by molar-refractivity contribution is -0.137. The third kappa shape index (κ3) is 7.15. The average Bonchev–Trinajstić information content (AvgIpc) is 2.45. The second-order valence-corrected chi connectivity index (χ2v) is 4.80. The van der Waals surface area contributed by atoms with Gasteiger partial charge in [0.1, 0.15) is 5.75 Å². The van der Waals surface area contributed by atoms with Crippen molar-refractivity contribution in [1.29, 1.82) is 0 Å². The molecular formula is C16H21NO4. The van der Waals surface area contributed by atoms with Crippen LogP contribution < -0.4 is 10.1 Å². The van der Waals surface area contributed by atoms with Crippen LogP contribution in [0.15, 0.2) is 30.3 Å². The topological polar surface area (TPSA) is 75.6 Å². The molecule has 114 valence electrons. The molecule has 21 heavy (non-hydrogen) atoms. The minimum atomic E-state index is -0.812. The van der Waals surface area contributed by atoms with E-state index in [1.807, 2.05) is 31.2 Å². The molecule has 0 aromatic heterocycles. The highest BCUT2D eigenvalue weighted by Crippen LogP contribution is 2.12. The summed E-state index contributed by atoms with van der Waals surface area (Å²) in [6, 6.07) is 7.33. The highest BCUT2D eigenvalue weighted by Gasteiger charge is 2.05. The number of carboxylic acid groups (broad SMARTS) is 1. The van der Waals surface area contributed by atoms with Crippen molar-refractivity contribution in [2.24, 2.45) is 0 Å². The summed E-state index contributed by atoms with van der Waals surface area (Å²) in [4.78, 5) is 22.1. The van der Waals surface area contributed by atoms with Gasteiger partial charge in [-0.3, -0.25) is 9.59 Å². The van der Waals surface area contributed by atoms with Crippen molar-refractivity contribution in [2.45, 2.75) is 32.2 Å². The predicted molar refractivity (Wildman–Crippen MR) is 81.1 cm³/mol. The second kappa shape index (κ2) is 8.79. The van der Waals surface area contributed by atoms with Gasteiger partial charge in [-0.25, -0.2) is 0 Å². The van der Waals surface area contributed by atoms with Crippen molar-refractivity contribution in [3.05, 3.63) is 35.9 Å². The molecule has 0 fully saturated rings. The Morgan fingerprint density at radius 1 is 1.33 bits per heavy atom. The molecule has 1 unspecified atom stereocenters. The summed E-state index contributed by atoms with van der Waals surface area (Å²) in [5.41, 5.74) is 0.907. The number of ether oxygens (including phenoxy) is 1. The van der Waals surface area contributed by atoms with Crippen molar-refractivity contribution < 1.29 is 19.4 Å². The van der Waals surface area contributed by atoms with Crippen LogP contribution >= 0.6 is 0 Å². The molecular weight excluding hydrogens is 270 g/mol. The molecule has 0 aliphatic heterocycles. The molecule has 1 rings (SSSR count). The first-order valence-corrected chi connectivity index (χ1v) is 6.85. The van der Waals surface area contributed by atoms with Crippen molar-refractivity contribution in [1.82, 2.24) is 5.32 Å². The maximum Gasteiger partial charge on any atom is 0.303 e. The molecule has 1 aromatic carbocycles. The average molecular weight is 291 g/mol. The number of hydrogen-bond acceptors (Lipinski definition) is 3. The number of carbonyl (C=O) groups excluding carboxylic acids is 1. The molecule has 0 heterocycles. The summed E-state index contributed by atoms with van der Waals surface area (Å²) in [6.45, 7) is 1.86. The number of methoxy groups -OCH3 is 1. The Kier molecular flexibility index (Phi) is 7.01. The van der Waals surface area contributed by atoms with E-state index >= 15 is 0 Å². The van der Waals surface area contributed by atoms with Crippen LogP contribution in [-0.4, -0.2) is 30.1 Å².